The van der Waals surface area contributed by atoms with E-state index in [9.17, 15) is 82.4 Å². The molecule has 34 nitrogen and oxygen atoms in total. The summed E-state index contributed by atoms with van der Waals surface area (Å²) in [6.45, 7) is 18.7. The quantitative estimate of drug-likeness (QED) is 0.0155. The zero-order chi connectivity index (χ0) is 70.6. The Bertz CT molecular complexity index is 2600. The number of carbonyl (C=O) groups is 14. The molecule has 1 fully saturated rings. The van der Waals surface area contributed by atoms with Crippen LogP contribution < -0.4 is 81.8 Å². The third-order valence-electron chi connectivity index (χ3n) is 15.4. The van der Waals surface area contributed by atoms with E-state index < -0.39 is 198 Å². The van der Waals surface area contributed by atoms with Gasteiger partial charge in [-0.2, -0.15) is 0 Å². The SMILES string of the molecule is CC[C@H](C)[C@H](NC(=O)[C@H](CCCCN)NC(=O)[C@@H](NC(=O)[C@H](CCCN=C(N)N)NC(=O)[C@@H](N)C(C)C)C(C)C)C(=O)N[C@@H](CC(N)=O)C(=O)N[C@H](C(=O)N[C@@H](CC(=O)O)C(=O)N[C@H](C(=O)N1CCC[C@H]1C(=O)N[C@@H](C)C(=O)N[C@H](C(=O)O)C(C)C)[C@@H](C)O)C(C)C. The van der Waals surface area contributed by atoms with E-state index >= 15 is 0 Å². The number of aliphatic hydroxyl groups is 1. The molecule has 0 unspecified atom stereocenters. The molecule has 12 amide bonds. The number of carboxylic acids is 2. The van der Waals surface area contributed by atoms with Gasteiger partial charge in [0.1, 0.15) is 66.5 Å². The van der Waals surface area contributed by atoms with E-state index in [0.717, 1.165) is 11.8 Å². The molecule has 522 valence electrons. The summed E-state index contributed by atoms with van der Waals surface area (Å²) in [7, 11) is 0. The number of primary amides is 1. The monoisotopic (exact) mass is 1310 g/mol. The summed E-state index contributed by atoms with van der Waals surface area (Å²) < 4.78 is 0. The van der Waals surface area contributed by atoms with Gasteiger partial charge in [-0.05, 0) is 94.9 Å². The number of aliphatic hydroxyl groups excluding tert-OH is 1. The van der Waals surface area contributed by atoms with Crippen molar-refractivity contribution in [2.75, 3.05) is 19.6 Å². The van der Waals surface area contributed by atoms with Crippen LogP contribution in [0, 0.1) is 29.6 Å². The van der Waals surface area contributed by atoms with Crippen molar-refractivity contribution in [3.8, 4) is 0 Å². The van der Waals surface area contributed by atoms with E-state index in [0.29, 0.717) is 12.8 Å². The van der Waals surface area contributed by atoms with Crippen LogP contribution >= 0.6 is 0 Å². The third kappa shape index (κ3) is 27.3. The largest absolute Gasteiger partial charge is 0.481 e. The summed E-state index contributed by atoms with van der Waals surface area (Å²) >= 11 is 0. The van der Waals surface area contributed by atoms with Gasteiger partial charge in [0.05, 0.1) is 25.0 Å². The lowest BCUT2D eigenvalue weighted by atomic mass is 9.96. The first-order chi connectivity index (χ1) is 42.8. The molecule has 0 aliphatic carbocycles. The number of carboxylic acid groups (broad SMARTS) is 2. The Balaban J connectivity index is 3.49. The smallest absolute Gasteiger partial charge is 0.326 e. The van der Waals surface area contributed by atoms with E-state index in [-0.39, 0.29) is 70.0 Å². The first-order valence-corrected chi connectivity index (χ1v) is 31.1. The summed E-state index contributed by atoms with van der Waals surface area (Å²) in [6.07, 6.45) is -2.12. The molecule has 1 aliphatic heterocycles. The topological polar surface area (TPSA) is 566 Å². The summed E-state index contributed by atoms with van der Waals surface area (Å²) in [4.78, 5) is 194. The molecule has 0 saturated carbocycles. The number of aliphatic carboxylic acids is 2. The van der Waals surface area contributed by atoms with Crippen molar-refractivity contribution in [3.05, 3.63) is 0 Å². The highest BCUT2D eigenvalue weighted by Crippen LogP contribution is 2.21. The average Bonchev–Trinajstić information content (AvgIpc) is 1.58. The molecule has 92 heavy (non-hydrogen) atoms. The van der Waals surface area contributed by atoms with Crippen molar-refractivity contribution in [2.45, 2.75) is 226 Å². The minimum atomic E-state index is -2.00. The highest BCUT2D eigenvalue weighted by molar-refractivity contribution is 6.01. The Hall–Kier alpha value is -8.27. The predicted octanol–water partition coefficient (Wildman–Crippen LogP) is -5.16. The molecule has 1 heterocycles. The Morgan fingerprint density at radius 2 is 0.946 bits per heavy atom. The molecule has 0 aromatic carbocycles. The molecular weight excluding hydrogens is 1210 g/mol. The minimum Gasteiger partial charge on any atom is -0.481 e. The Labute approximate surface area is 536 Å². The lowest BCUT2D eigenvalue weighted by Crippen LogP contribution is -2.63. The normalized spacial score (nSPS) is 17.2. The predicted molar refractivity (Wildman–Crippen MR) is 335 cm³/mol. The van der Waals surface area contributed by atoms with E-state index in [1.807, 2.05) is 0 Å². The second-order valence-electron chi connectivity index (χ2n) is 24.6. The van der Waals surface area contributed by atoms with Crippen LogP contribution in [0.1, 0.15) is 147 Å². The number of hydrogen-bond donors (Lipinski definition) is 18. The maximum absolute atomic E-state index is 14.3. The second-order valence-corrected chi connectivity index (χ2v) is 24.6. The van der Waals surface area contributed by atoms with Crippen LogP contribution in [-0.4, -0.2) is 207 Å². The minimum absolute atomic E-state index is 0.0135. The zero-order valence-electron chi connectivity index (χ0n) is 54.9. The van der Waals surface area contributed by atoms with Gasteiger partial charge in [-0.15, -0.1) is 0 Å². The number of aliphatic imine (C=N–C) groups is 1. The molecule has 1 rings (SSSR count). The number of hydrogen-bond acceptors (Lipinski definition) is 18. The molecular formula is C58H103N17O17. The van der Waals surface area contributed by atoms with Gasteiger partial charge in [0, 0.05) is 13.1 Å². The maximum atomic E-state index is 14.3. The Kier molecular flexibility index (Phi) is 35.4. The van der Waals surface area contributed by atoms with Crippen LogP contribution in [0.2, 0.25) is 0 Å². The number of carbonyl (C=O) groups excluding carboxylic acids is 12. The lowest BCUT2D eigenvalue weighted by molar-refractivity contribution is -0.146. The van der Waals surface area contributed by atoms with Crippen molar-refractivity contribution in [3.63, 3.8) is 0 Å². The van der Waals surface area contributed by atoms with Crippen LogP contribution in [-0.2, 0) is 67.1 Å². The van der Waals surface area contributed by atoms with Crippen molar-refractivity contribution in [2.24, 2.45) is 63.3 Å². The number of nitrogens with two attached hydrogens (primary N) is 5. The number of guanidine groups is 1. The lowest BCUT2D eigenvalue weighted by Gasteiger charge is -2.32. The van der Waals surface area contributed by atoms with Crippen molar-refractivity contribution in [1.82, 2.24) is 58.1 Å². The van der Waals surface area contributed by atoms with E-state index in [1.165, 1.54) is 20.8 Å². The summed E-state index contributed by atoms with van der Waals surface area (Å²) in [6, 6.07) is -17.4. The Morgan fingerprint density at radius 1 is 0.511 bits per heavy atom. The molecule has 0 aromatic rings. The van der Waals surface area contributed by atoms with Gasteiger partial charge in [0.15, 0.2) is 5.96 Å². The molecule has 1 aliphatic rings. The highest BCUT2D eigenvalue weighted by atomic mass is 16.4. The van der Waals surface area contributed by atoms with Gasteiger partial charge in [-0.25, -0.2) is 4.79 Å². The second kappa shape index (κ2) is 39.9. The third-order valence-corrected chi connectivity index (χ3v) is 15.4. The number of rotatable bonds is 41. The fraction of sp³-hybridized carbons (Fsp3) is 0.741. The Morgan fingerprint density at radius 3 is 1.38 bits per heavy atom. The standard InChI is InChI=1S/C58H103N17O17/c1-13-30(10)44(73-48(82)33(18-14-15-21-59)67-53(87)41(27(4)5)70-47(81)34(19-16-22-64-58(62)63)66-52(86)40(61)26(2)3)55(89)68-35(24-38(60)77)49(83)71-42(28(6)7)54(88)69-36(25-39(78)79)50(84)74-45(32(12)76)56(90)75-23-17-20-37(75)51(85)65-31(11)46(80)72-43(29(8)9)57(91)92/h26-37,40-45,76H,13-25,59,61H2,1-12H3,(H2,60,77)(H,65,85)(H,66,86)(H,67,87)(H,68,89)(H,69,88)(H,70,81)(H,71,83)(H,72,80)(H,73,82)(H,74,84)(H,78,79)(H,91,92)(H4,62,63,64)/t30-,31-,32+,33-,34-,35-,36-,37-,40-,41-,42-,43-,44-,45-/m0/s1. The number of likely N-dealkylation sites (tertiary alicyclic amines) is 1. The summed E-state index contributed by atoms with van der Waals surface area (Å²) in [5.74, 6) is -17.5. The van der Waals surface area contributed by atoms with Crippen molar-refractivity contribution >= 4 is 88.8 Å². The summed E-state index contributed by atoms with van der Waals surface area (Å²) in [5.41, 5.74) is 28.3. The fourth-order valence-corrected chi connectivity index (χ4v) is 9.51. The van der Waals surface area contributed by atoms with Crippen LogP contribution in [0.25, 0.3) is 0 Å². The molecule has 14 atom stereocenters. The van der Waals surface area contributed by atoms with Gasteiger partial charge in [0.25, 0.3) is 0 Å². The molecule has 34 heteroatoms. The van der Waals surface area contributed by atoms with Crippen LogP contribution in [0.3, 0.4) is 0 Å². The molecule has 23 N–H and O–H groups in total. The van der Waals surface area contributed by atoms with E-state index in [4.69, 9.17) is 28.7 Å². The summed E-state index contributed by atoms with van der Waals surface area (Å²) in [5, 5.41) is 54.9. The molecule has 0 spiro atoms. The van der Waals surface area contributed by atoms with E-state index in [1.54, 1.807) is 55.4 Å². The van der Waals surface area contributed by atoms with Crippen molar-refractivity contribution in [1.29, 1.82) is 0 Å². The van der Waals surface area contributed by atoms with Gasteiger partial charge >= 0.3 is 11.9 Å². The highest BCUT2D eigenvalue weighted by Gasteiger charge is 2.43. The molecule has 1 saturated heterocycles. The molecule has 0 bridgehead atoms. The number of amides is 12. The molecule has 0 radical (unpaired) electrons. The first kappa shape index (κ1) is 81.7. The van der Waals surface area contributed by atoms with Gasteiger partial charge in [-0.1, -0.05) is 75.7 Å². The van der Waals surface area contributed by atoms with Crippen LogP contribution in [0.15, 0.2) is 4.99 Å². The first-order valence-electron chi connectivity index (χ1n) is 31.1. The van der Waals surface area contributed by atoms with E-state index in [2.05, 4.69) is 58.2 Å². The van der Waals surface area contributed by atoms with Gasteiger partial charge < -0.3 is 102 Å². The van der Waals surface area contributed by atoms with Gasteiger partial charge in [0.2, 0.25) is 70.9 Å². The van der Waals surface area contributed by atoms with Crippen LogP contribution in [0.4, 0.5) is 0 Å². The van der Waals surface area contributed by atoms with Crippen LogP contribution in [0.5, 0.6) is 0 Å². The number of unbranched alkanes of at least 4 members (excludes halogenated alkanes) is 1. The number of nitrogens with zero attached hydrogens (tertiary/aromatic N) is 2. The average molecular weight is 1310 g/mol. The molecule has 0 aromatic heterocycles. The van der Waals surface area contributed by atoms with Crippen molar-refractivity contribution < 1.29 is 82.4 Å². The zero-order valence-corrected chi connectivity index (χ0v) is 54.9. The van der Waals surface area contributed by atoms with Gasteiger partial charge in [-0.3, -0.25) is 67.3 Å². The fourth-order valence-electron chi connectivity index (χ4n) is 9.51. The maximum Gasteiger partial charge on any atom is 0.326 e. The number of nitrogens with one attached hydrogen (secondary N) is 10.